The molecule has 0 radical (unpaired) electrons. The normalized spacial score (nSPS) is 11.1. The van der Waals surface area contributed by atoms with Crippen molar-refractivity contribution in [2.45, 2.75) is 39.2 Å². The highest BCUT2D eigenvalue weighted by molar-refractivity contribution is 5.75. The van der Waals surface area contributed by atoms with E-state index in [1.807, 2.05) is 24.3 Å². The largest absolute Gasteiger partial charge is 0.436 e. The first-order valence-electron chi connectivity index (χ1n) is 7.72. The van der Waals surface area contributed by atoms with Gasteiger partial charge in [-0.25, -0.2) is 9.55 Å². The smallest absolute Gasteiger partial charge is 0.227 e. The summed E-state index contributed by atoms with van der Waals surface area (Å²) in [6.07, 6.45) is 9.35. The van der Waals surface area contributed by atoms with Crippen LogP contribution in [0.3, 0.4) is 0 Å². The number of aryl methyl sites for hydroxylation is 1. The minimum atomic E-state index is 0.689. The monoisotopic (exact) mass is 281 g/mol. The summed E-state index contributed by atoms with van der Waals surface area (Å²) in [5.74, 6) is 0.689. The summed E-state index contributed by atoms with van der Waals surface area (Å²) in [7, 11) is 0. The lowest BCUT2D eigenvalue weighted by Gasteiger charge is -1.98. The number of unbranched alkanes of at least 4 members (excludes halogenated alkanes) is 3. The molecule has 3 aromatic rings. The first-order valence-corrected chi connectivity index (χ1v) is 7.72. The third-order valence-electron chi connectivity index (χ3n) is 3.70. The molecule has 108 valence electrons. The fraction of sp³-hybridized carbons (Fsp3) is 0.333. The molecule has 0 N–H and O–H groups in total. The summed E-state index contributed by atoms with van der Waals surface area (Å²) in [6.45, 7) is 3.32. The summed E-state index contributed by atoms with van der Waals surface area (Å²) in [5, 5.41) is 0. The Kier molecular flexibility index (Phi) is 4.29. The summed E-state index contributed by atoms with van der Waals surface area (Å²) in [6, 6.07) is 12.0. The Bertz CT molecular complexity index is 668. The van der Waals surface area contributed by atoms with E-state index in [9.17, 15) is 0 Å². The van der Waals surface area contributed by atoms with E-state index in [4.69, 9.17) is 4.42 Å². The topological polar surface area (TPSA) is 29.9 Å². The minimum Gasteiger partial charge on any atom is -0.436 e. The van der Waals surface area contributed by atoms with Crippen LogP contribution in [0.25, 0.3) is 22.6 Å². The zero-order valence-corrected chi connectivity index (χ0v) is 12.5. The number of nitrogens with zero attached hydrogens (tertiary/aromatic N) is 2. The maximum atomic E-state index is 5.79. The van der Waals surface area contributed by atoms with Gasteiger partial charge in [-0.05, 0) is 18.6 Å². The molecule has 3 heteroatoms. The van der Waals surface area contributed by atoms with Crippen LogP contribution in [-0.2, 0) is 6.54 Å². The van der Waals surface area contributed by atoms with Gasteiger partial charge < -0.3 is 4.42 Å². The maximum absolute atomic E-state index is 5.79. The van der Waals surface area contributed by atoms with E-state index >= 15 is 0 Å². The summed E-state index contributed by atoms with van der Waals surface area (Å²) in [4.78, 5) is 4.52. The van der Waals surface area contributed by atoms with Gasteiger partial charge in [0, 0.05) is 24.1 Å². The molecular formula is C18H21N2O+. The number of aromatic nitrogens is 2. The molecule has 0 amide bonds. The molecule has 0 saturated carbocycles. The lowest BCUT2D eigenvalue weighted by Crippen LogP contribution is -2.32. The Balaban J connectivity index is 1.71. The second-order valence-corrected chi connectivity index (χ2v) is 5.37. The highest BCUT2D eigenvalue weighted by Gasteiger charge is 2.09. The fourth-order valence-corrected chi connectivity index (χ4v) is 2.47. The van der Waals surface area contributed by atoms with Crippen molar-refractivity contribution < 1.29 is 8.98 Å². The third kappa shape index (κ3) is 3.30. The quantitative estimate of drug-likeness (QED) is 0.496. The molecule has 0 bridgehead atoms. The van der Waals surface area contributed by atoms with Crippen molar-refractivity contribution in [3.8, 4) is 11.5 Å². The SMILES string of the molecule is CCCCCC[n+]1ccc(-c2nc3ccccc3o2)cc1. The van der Waals surface area contributed by atoms with Gasteiger partial charge in [0.05, 0.1) is 0 Å². The summed E-state index contributed by atoms with van der Waals surface area (Å²) in [5.41, 5.74) is 2.77. The van der Waals surface area contributed by atoms with Crippen LogP contribution in [0.5, 0.6) is 0 Å². The molecule has 0 saturated heterocycles. The lowest BCUT2D eigenvalue weighted by molar-refractivity contribution is -0.697. The molecule has 0 aliphatic heterocycles. The van der Waals surface area contributed by atoms with Crippen molar-refractivity contribution in [2.24, 2.45) is 0 Å². The molecule has 2 heterocycles. The van der Waals surface area contributed by atoms with Crippen LogP contribution in [0, 0.1) is 0 Å². The number of hydrogen-bond donors (Lipinski definition) is 0. The van der Waals surface area contributed by atoms with E-state index in [-0.39, 0.29) is 0 Å². The average molecular weight is 281 g/mol. The maximum Gasteiger partial charge on any atom is 0.227 e. The predicted molar refractivity (Wildman–Crippen MR) is 83.8 cm³/mol. The molecule has 0 fully saturated rings. The van der Waals surface area contributed by atoms with Crippen molar-refractivity contribution in [1.82, 2.24) is 4.98 Å². The Morgan fingerprint density at radius 2 is 1.81 bits per heavy atom. The molecule has 3 nitrogen and oxygen atoms in total. The van der Waals surface area contributed by atoms with Gasteiger partial charge in [-0.3, -0.25) is 0 Å². The van der Waals surface area contributed by atoms with Crippen LogP contribution in [-0.4, -0.2) is 4.98 Å². The molecule has 1 aromatic carbocycles. The fourth-order valence-electron chi connectivity index (χ4n) is 2.47. The molecule has 0 aliphatic carbocycles. The second kappa shape index (κ2) is 6.53. The number of hydrogen-bond acceptors (Lipinski definition) is 2. The van der Waals surface area contributed by atoms with E-state index in [0.717, 1.165) is 23.2 Å². The van der Waals surface area contributed by atoms with Crippen molar-refractivity contribution in [2.75, 3.05) is 0 Å². The molecule has 21 heavy (non-hydrogen) atoms. The standard InChI is InChI=1S/C18H21N2O/c1-2-3-4-7-12-20-13-10-15(11-14-20)18-19-16-8-5-6-9-17(16)21-18/h5-6,8-11,13-14H,2-4,7,12H2,1H3/q+1. The van der Waals surface area contributed by atoms with Gasteiger partial charge in [0.1, 0.15) is 12.1 Å². The van der Waals surface area contributed by atoms with Gasteiger partial charge in [-0.15, -0.1) is 0 Å². The van der Waals surface area contributed by atoms with Gasteiger partial charge in [0.25, 0.3) is 0 Å². The summed E-state index contributed by atoms with van der Waals surface area (Å²) >= 11 is 0. The molecule has 0 spiro atoms. The van der Waals surface area contributed by atoms with Crippen LogP contribution < -0.4 is 4.57 Å². The molecular weight excluding hydrogens is 260 g/mol. The Labute approximate surface area is 125 Å². The Morgan fingerprint density at radius 3 is 2.57 bits per heavy atom. The number of rotatable bonds is 6. The Hall–Kier alpha value is -2.16. The highest BCUT2D eigenvalue weighted by Crippen LogP contribution is 2.22. The molecule has 0 unspecified atom stereocenters. The lowest BCUT2D eigenvalue weighted by atomic mass is 10.2. The van der Waals surface area contributed by atoms with Crippen LogP contribution in [0.1, 0.15) is 32.6 Å². The van der Waals surface area contributed by atoms with E-state index < -0.39 is 0 Å². The third-order valence-corrected chi connectivity index (χ3v) is 3.70. The van der Waals surface area contributed by atoms with Crippen molar-refractivity contribution >= 4 is 11.1 Å². The predicted octanol–water partition coefficient (Wildman–Crippen LogP) is 4.36. The first kappa shape index (κ1) is 13.8. The minimum absolute atomic E-state index is 0.689. The Morgan fingerprint density at radius 1 is 1.00 bits per heavy atom. The first-order chi connectivity index (χ1) is 10.4. The van der Waals surface area contributed by atoms with Crippen molar-refractivity contribution in [1.29, 1.82) is 0 Å². The number of pyridine rings is 1. The van der Waals surface area contributed by atoms with Crippen LogP contribution in [0.15, 0.2) is 53.2 Å². The molecule has 2 aromatic heterocycles. The van der Waals surface area contributed by atoms with E-state index in [0.29, 0.717) is 5.89 Å². The number of benzene rings is 1. The van der Waals surface area contributed by atoms with E-state index in [1.165, 1.54) is 25.7 Å². The number of fused-ring (bicyclic) bond motifs is 1. The average Bonchev–Trinajstić information content (AvgIpc) is 2.96. The van der Waals surface area contributed by atoms with E-state index in [1.54, 1.807) is 0 Å². The molecule has 3 rings (SSSR count). The van der Waals surface area contributed by atoms with Crippen LogP contribution in [0.2, 0.25) is 0 Å². The zero-order valence-electron chi connectivity index (χ0n) is 12.5. The highest BCUT2D eigenvalue weighted by atomic mass is 16.3. The number of para-hydroxylation sites is 2. The van der Waals surface area contributed by atoms with Gasteiger partial charge in [-0.1, -0.05) is 31.9 Å². The van der Waals surface area contributed by atoms with Gasteiger partial charge >= 0.3 is 0 Å². The van der Waals surface area contributed by atoms with Gasteiger partial charge in [0.15, 0.2) is 18.0 Å². The van der Waals surface area contributed by atoms with Crippen molar-refractivity contribution in [3.63, 3.8) is 0 Å². The molecule has 0 aliphatic rings. The second-order valence-electron chi connectivity index (χ2n) is 5.37. The number of oxazole rings is 1. The summed E-state index contributed by atoms with van der Waals surface area (Å²) < 4.78 is 8.01. The molecule has 0 atom stereocenters. The van der Waals surface area contributed by atoms with E-state index in [2.05, 4.69) is 41.0 Å². The van der Waals surface area contributed by atoms with Crippen LogP contribution in [0.4, 0.5) is 0 Å². The van der Waals surface area contributed by atoms with Gasteiger partial charge in [0.2, 0.25) is 5.89 Å². The van der Waals surface area contributed by atoms with Gasteiger partial charge in [-0.2, -0.15) is 0 Å². The van der Waals surface area contributed by atoms with Crippen LogP contribution >= 0.6 is 0 Å². The van der Waals surface area contributed by atoms with Crippen molar-refractivity contribution in [3.05, 3.63) is 48.8 Å². The zero-order chi connectivity index (χ0) is 14.5.